The van der Waals surface area contributed by atoms with Gasteiger partial charge in [0.05, 0.1) is 21.3 Å². The largest absolute Gasteiger partial charge is 0.465 e. The van der Waals surface area contributed by atoms with E-state index < -0.39 is 25.9 Å². The fourth-order valence-electron chi connectivity index (χ4n) is 2.59. The Labute approximate surface area is 149 Å². The van der Waals surface area contributed by atoms with Crippen molar-refractivity contribution in [3.05, 3.63) is 12.2 Å². The minimum atomic E-state index is -1.31. The topological polar surface area (TPSA) is 52.6 Å². The highest BCUT2D eigenvalue weighted by Gasteiger charge is 2.29. The van der Waals surface area contributed by atoms with E-state index in [1.165, 1.54) is 25.7 Å². The molecule has 24 heavy (non-hydrogen) atoms. The first-order valence-electron chi connectivity index (χ1n) is 9.27. The number of rotatable bonds is 12. The van der Waals surface area contributed by atoms with Crippen LogP contribution in [-0.2, 0) is 19.1 Å². The fourth-order valence-corrected chi connectivity index (χ4v) is 4.37. The van der Waals surface area contributed by atoms with Crippen molar-refractivity contribution < 1.29 is 19.1 Å². The summed E-state index contributed by atoms with van der Waals surface area (Å²) in [5.41, 5.74) is 0.564. The zero-order chi connectivity index (χ0) is 18.6. The van der Waals surface area contributed by atoms with Crippen molar-refractivity contribution in [2.24, 2.45) is 5.92 Å². The minimum Gasteiger partial charge on any atom is -0.465 e. The second kappa shape index (κ2) is 12.3. The van der Waals surface area contributed by atoms with Crippen molar-refractivity contribution in [1.82, 2.24) is 0 Å². The normalized spacial score (nSPS) is 13.3. The molecule has 0 aliphatic rings. The van der Waals surface area contributed by atoms with Gasteiger partial charge in [-0.1, -0.05) is 58.0 Å². The molecule has 0 aliphatic carbocycles. The minimum absolute atomic E-state index is 0.271. The SMILES string of the molecule is CCCCCC(/C=C/CC(C(=O)OCC)C(=O)OCC)[Si](C)(C)C. The van der Waals surface area contributed by atoms with E-state index in [-0.39, 0.29) is 13.2 Å². The summed E-state index contributed by atoms with van der Waals surface area (Å²) in [5.74, 6) is -1.83. The fraction of sp³-hybridized carbons (Fsp3) is 0.789. The molecule has 0 aromatic carbocycles. The first-order valence-corrected chi connectivity index (χ1v) is 12.8. The molecule has 0 amide bonds. The van der Waals surface area contributed by atoms with Gasteiger partial charge in [-0.3, -0.25) is 9.59 Å². The van der Waals surface area contributed by atoms with Gasteiger partial charge in [-0.2, -0.15) is 0 Å². The molecule has 0 radical (unpaired) electrons. The lowest BCUT2D eigenvalue weighted by Crippen LogP contribution is -2.28. The molecule has 0 saturated carbocycles. The average molecular weight is 357 g/mol. The third-order valence-corrected chi connectivity index (χ3v) is 6.82. The van der Waals surface area contributed by atoms with Crippen molar-refractivity contribution >= 4 is 20.0 Å². The molecule has 0 bridgehead atoms. The number of hydrogen-bond acceptors (Lipinski definition) is 4. The van der Waals surface area contributed by atoms with Crippen LogP contribution in [0.25, 0.3) is 0 Å². The molecule has 5 heteroatoms. The summed E-state index contributed by atoms with van der Waals surface area (Å²) in [4.78, 5) is 24.0. The van der Waals surface area contributed by atoms with Crippen LogP contribution < -0.4 is 0 Å². The number of ether oxygens (including phenoxy) is 2. The lowest BCUT2D eigenvalue weighted by atomic mass is 10.0. The van der Waals surface area contributed by atoms with E-state index in [4.69, 9.17) is 9.47 Å². The third kappa shape index (κ3) is 9.26. The summed E-state index contributed by atoms with van der Waals surface area (Å²) < 4.78 is 10.0. The Bertz CT molecular complexity index is 381. The Morgan fingerprint density at radius 3 is 1.92 bits per heavy atom. The van der Waals surface area contributed by atoms with Crippen LogP contribution in [0.2, 0.25) is 25.2 Å². The molecule has 1 unspecified atom stereocenters. The Balaban J connectivity index is 4.89. The van der Waals surface area contributed by atoms with E-state index in [2.05, 4.69) is 32.6 Å². The predicted octanol–water partition coefficient (Wildman–Crippen LogP) is 4.96. The molecular formula is C19H36O4Si. The molecule has 140 valence electrons. The van der Waals surface area contributed by atoms with Crippen LogP contribution in [-0.4, -0.2) is 33.2 Å². The van der Waals surface area contributed by atoms with Crippen LogP contribution in [0.15, 0.2) is 12.2 Å². The Morgan fingerprint density at radius 2 is 1.50 bits per heavy atom. The van der Waals surface area contributed by atoms with Crippen LogP contribution in [0.4, 0.5) is 0 Å². The van der Waals surface area contributed by atoms with Crippen molar-refractivity contribution in [2.45, 2.75) is 78.1 Å². The number of hydrogen-bond donors (Lipinski definition) is 0. The first kappa shape index (κ1) is 22.9. The van der Waals surface area contributed by atoms with Crippen LogP contribution in [0.1, 0.15) is 52.9 Å². The van der Waals surface area contributed by atoms with E-state index in [9.17, 15) is 9.59 Å². The van der Waals surface area contributed by atoms with Gasteiger partial charge in [0.1, 0.15) is 0 Å². The van der Waals surface area contributed by atoms with Gasteiger partial charge in [0.2, 0.25) is 0 Å². The average Bonchev–Trinajstić information content (AvgIpc) is 2.49. The van der Waals surface area contributed by atoms with Crippen LogP contribution in [0.3, 0.4) is 0 Å². The Kier molecular flexibility index (Phi) is 11.7. The van der Waals surface area contributed by atoms with Gasteiger partial charge in [0.25, 0.3) is 0 Å². The molecule has 0 fully saturated rings. The molecular weight excluding hydrogens is 320 g/mol. The zero-order valence-electron chi connectivity index (χ0n) is 16.4. The standard InChI is InChI=1S/C19H36O4Si/c1-7-10-11-13-16(24(4,5)6)14-12-15-17(18(20)22-8-2)19(21)23-9-3/h12,14,16-17H,7-11,13,15H2,1-6H3/b14-12+. The highest BCUT2D eigenvalue weighted by molar-refractivity contribution is 6.78. The van der Waals surface area contributed by atoms with Gasteiger partial charge in [-0.15, -0.1) is 0 Å². The van der Waals surface area contributed by atoms with E-state index in [1.807, 2.05) is 6.08 Å². The molecule has 0 aromatic heterocycles. The first-order chi connectivity index (χ1) is 11.3. The van der Waals surface area contributed by atoms with Gasteiger partial charge in [0, 0.05) is 0 Å². The van der Waals surface area contributed by atoms with E-state index in [0.717, 1.165) is 0 Å². The lowest BCUT2D eigenvalue weighted by molar-refractivity contribution is -0.161. The van der Waals surface area contributed by atoms with Crippen molar-refractivity contribution in [1.29, 1.82) is 0 Å². The molecule has 0 N–H and O–H groups in total. The maximum atomic E-state index is 12.0. The number of allylic oxidation sites excluding steroid dienone is 2. The molecule has 0 rings (SSSR count). The van der Waals surface area contributed by atoms with E-state index in [1.54, 1.807) is 13.8 Å². The summed E-state index contributed by atoms with van der Waals surface area (Å²) >= 11 is 0. The summed E-state index contributed by atoms with van der Waals surface area (Å²) in [7, 11) is -1.31. The van der Waals surface area contributed by atoms with Gasteiger partial charge < -0.3 is 9.47 Å². The van der Waals surface area contributed by atoms with E-state index in [0.29, 0.717) is 12.0 Å². The smallest absolute Gasteiger partial charge is 0.320 e. The van der Waals surface area contributed by atoms with Gasteiger partial charge in [-0.25, -0.2) is 0 Å². The highest BCUT2D eigenvalue weighted by atomic mass is 28.3. The number of carbonyl (C=O) groups excluding carboxylic acids is 2. The number of carbonyl (C=O) groups is 2. The maximum Gasteiger partial charge on any atom is 0.320 e. The van der Waals surface area contributed by atoms with Crippen molar-refractivity contribution in [3.63, 3.8) is 0 Å². The number of unbranched alkanes of at least 4 members (excludes halogenated alkanes) is 2. The molecule has 4 nitrogen and oxygen atoms in total. The Hall–Kier alpha value is -1.10. The van der Waals surface area contributed by atoms with Crippen LogP contribution in [0.5, 0.6) is 0 Å². The second-order valence-corrected chi connectivity index (χ2v) is 12.7. The van der Waals surface area contributed by atoms with Crippen molar-refractivity contribution in [3.8, 4) is 0 Å². The van der Waals surface area contributed by atoms with Gasteiger partial charge >= 0.3 is 11.9 Å². The predicted molar refractivity (Wildman–Crippen MR) is 102 cm³/mol. The number of esters is 2. The van der Waals surface area contributed by atoms with Crippen LogP contribution >= 0.6 is 0 Å². The van der Waals surface area contributed by atoms with Crippen molar-refractivity contribution in [2.75, 3.05) is 13.2 Å². The van der Waals surface area contributed by atoms with E-state index >= 15 is 0 Å². The summed E-state index contributed by atoms with van der Waals surface area (Å²) in [6, 6.07) is 0. The van der Waals surface area contributed by atoms with Crippen LogP contribution in [0, 0.1) is 5.92 Å². The lowest BCUT2D eigenvalue weighted by Gasteiger charge is -2.26. The third-order valence-electron chi connectivity index (χ3n) is 4.11. The summed E-state index contributed by atoms with van der Waals surface area (Å²) in [6.45, 7) is 13.3. The quantitative estimate of drug-likeness (QED) is 0.163. The molecule has 0 saturated heterocycles. The second-order valence-electron chi connectivity index (χ2n) is 7.19. The van der Waals surface area contributed by atoms with Gasteiger partial charge in [-0.05, 0) is 32.2 Å². The molecule has 0 spiro atoms. The molecule has 0 aliphatic heterocycles. The molecule has 1 atom stereocenters. The monoisotopic (exact) mass is 356 g/mol. The zero-order valence-corrected chi connectivity index (χ0v) is 17.4. The van der Waals surface area contributed by atoms with Gasteiger partial charge in [0.15, 0.2) is 5.92 Å². The Morgan fingerprint density at radius 1 is 0.958 bits per heavy atom. The summed E-state index contributed by atoms with van der Waals surface area (Å²) in [5, 5.41) is 0. The maximum absolute atomic E-state index is 12.0. The molecule has 0 heterocycles. The molecule has 0 aromatic rings. The summed E-state index contributed by atoms with van der Waals surface area (Å²) in [6.07, 6.45) is 9.44. The highest BCUT2D eigenvalue weighted by Crippen LogP contribution is 2.29.